The molecule has 4 amide bonds. The summed E-state index contributed by atoms with van der Waals surface area (Å²) in [5, 5.41) is 19.9. The molecule has 266 valence electrons. The Morgan fingerprint density at radius 2 is 1.78 bits per heavy atom. The summed E-state index contributed by atoms with van der Waals surface area (Å²) >= 11 is 0. The Morgan fingerprint density at radius 3 is 2.45 bits per heavy atom. The lowest BCUT2D eigenvalue weighted by Crippen LogP contribution is -2.56. The summed E-state index contributed by atoms with van der Waals surface area (Å²) in [7, 11) is 3.04. The van der Waals surface area contributed by atoms with Crippen LogP contribution in [0.4, 0.5) is 0 Å². The fourth-order valence-electron chi connectivity index (χ4n) is 6.15. The minimum atomic E-state index is -1.13. The number of ether oxygens (including phenoxy) is 2. The van der Waals surface area contributed by atoms with Crippen molar-refractivity contribution in [2.45, 2.75) is 57.8 Å². The number of amides is 4. The average Bonchev–Trinajstić information content (AvgIpc) is 3.73. The minimum absolute atomic E-state index is 0.0959. The van der Waals surface area contributed by atoms with Crippen molar-refractivity contribution in [3.05, 3.63) is 83.4 Å². The van der Waals surface area contributed by atoms with E-state index in [-0.39, 0.29) is 42.9 Å². The number of hydrogen-bond donors (Lipinski definition) is 3. The van der Waals surface area contributed by atoms with Gasteiger partial charge in [0.15, 0.2) is 11.5 Å². The number of tetrazole rings is 1. The van der Waals surface area contributed by atoms with E-state index >= 15 is 0 Å². The van der Waals surface area contributed by atoms with E-state index in [1.54, 1.807) is 40.0 Å². The van der Waals surface area contributed by atoms with Gasteiger partial charge in [0.1, 0.15) is 17.9 Å². The van der Waals surface area contributed by atoms with Crippen molar-refractivity contribution in [3.63, 3.8) is 0 Å². The quantitative estimate of drug-likeness (QED) is 0.260. The van der Waals surface area contributed by atoms with Crippen LogP contribution < -0.4 is 25.4 Å². The largest absolute Gasteiger partial charge is 0.493 e. The number of rotatable bonds is 7. The van der Waals surface area contributed by atoms with Crippen LogP contribution in [-0.4, -0.2) is 92.6 Å². The summed E-state index contributed by atoms with van der Waals surface area (Å²) in [4.78, 5) is 60.7. The van der Waals surface area contributed by atoms with Gasteiger partial charge >= 0.3 is 0 Å². The molecule has 15 nitrogen and oxygen atoms in total. The van der Waals surface area contributed by atoms with E-state index in [1.807, 2.05) is 32.0 Å². The molecule has 1 saturated carbocycles. The predicted octanol–water partition coefficient (Wildman–Crippen LogP) is 2.37. The molecule has 0 radical (unpaired) electrons. The summed E-state index contributed by atoms with van der Waals surface area (Å²) in [5.74, 6) is -0.567. The molecule has 2 aromatic heterocycles. The van der Waals surface area contributed by atoms with Gasteiger partial charge in [-0.3, -0.25) is 24.2 Å². The summed E-state index contributed by atoms with van der Waals surface area (Å²) in [6, 6.07) is 11.7. The first-order chi connectivity index (χ1) is 24.6. The van der Waals surface area contributed by atoms with Crippen molar-refractivity contribution in [3.8, 4) is 22.6 Å². The molecule has 2 aliphatic rings. The molecule has 3 heterocycles. The van der Waals surface area contributed by atoms with Crippen LogP contribution in [-0.2, 0) is 22.7 Å². The molecule has 6 rings (SSSR count). The third-order valence-electron chi connectivity index (χ3n) is 9.00. The molecule has 0 saturated heterocycles. The van der Waals surface area contributed by atoms with Crippen molar-refractivity contribution in [1.29, 1.82) is 0 Å². The standard InChI is InChI=1S/C36H41N9O6/c1-22(2)13-29-33(47)38-11-12-44(34(48)25-7-5-23(6-8-25)20-45-21-39-42-43-45)19-24-14-28(31(51-4)30(15-24)50-3)26-16-27(18-37-17-26)32(46)41-36(9-10-36)35(49)40-29/h5-8,14-18,21-22,29H,9-13,19-20H2,1-4H3,(H,38,47)(H,40,49)(H,41,46)/t29-/m1/s1. The smallest absolute Gasteiger partial charge is 0.254 e. The van der Waals surface area contributed by atoms with Crippen molar-refractivity contribution in [1.82, 2.24) is 46.0 Å². The van der Waals surface area contributed by atoms with Crippen LogP contribution in [0.25, 0.3) is 11.1 Å². The number of fused-ring (bicyclic) bond motifs is 5. The molecule has 1 fully saturated rings. The van der Waals surface area contributed by atoms with Gasteiger partial charge in [-0.05, 0) is 77.1 Å². The molecule has 4 aromatic rings. The van der Waals surface area contributed by atoms with E-state index in [9.17, 15) is 19.2 Å². The van der Waals surface area contributed by atoms with Gasteiger partial charge in [0.25, 0.3) is 11.8 Å². The maximum absolute atomic E-state index is 14.1. The van der Waals surface area contributed by atoms with Gasteiger partial charge in [-0.2, -0.15) is 0 Å². The zero-order valence-corrected chi connectivity index (χ0v) is 29.0. The van der Waals surface area contributed by atoms with Gasteiger partial charge in [0.05, 0.1) is 26.3 Å². The average molecular weight is 696 g/mol. The zero-order chi connectivity index (χ0) is 36.1. The summed E-state index contributed by atoms with van der Waals surface area (Å²) in [6.07, 6.45) is 5.83. The monoisotopic (exact) mass is 695 g/mol. The molecule has 4 bridgehead atoms. The lowest BCUT2D eigenvalue weighted by Gasteiger charge is -2.27. The van der Waals surface area contributed by atoms with Gasteiger partial charge in [-0.15, -0.1) is 5.10 Å². The Morgan fingerprint density at radius 1 is 1.02 bits per heavy atom. The van der Waals surface area contributed by atoms with Gasteiger partial charge in [-0.1, -0.05) is 26.0 Å². The van der Waals surface area contributed by atoms with Gasteiger partial charge in [0, 0.05) is 48.7 Å². The predicted molar refractivity (Wildman–Crippen MR) is 185 cm³/mol. The Balaban J connectivity index is 1.38. The van der Waals surface area contributed by atoms with Crippen molar-refractivity contribution in [2.75, 3.05) is 27.3 Å². The highest BCUT2D eigenvalue weighted by molar-refractivity contribution is 6.02. The molecule has 0 unspecified atom stereocenters. The van der Waals surface area contributed by atoms with Crippen LogP contribution >= 0.6 is 0 Å². The summed E-state index contributed by atoms with van der Waals surface area (Å²) in [6.45, 7) is 4.81. The molecule has 1 aliphatic heterocycles. The Labute approximate surface area is 295 Å². The first-order valence-corrected chi connectivity index (χ1v) is 16.8. The molecule has 1 spiro atoms. The maximum Gasteiger partial charge on any atom is 0.254 e. The van der Waals surface area contributed by atoms with Crippen LogP contribution in [0, 0.1) is 5.92 Å². The van der Waals surface area contributed by atoms with E-state index in [0.717, 1.165) is 11.1 Å². The third-order valence-corrected chi connectivity index (χ3v) is 9.00. The molecule has 15 heteroatoms. The first kappa shape index (κ1) is 35.0. The van der Waals surface area contributed by atoms with Gasteiger partial charge < -0.3 is 30.3 Å². The highest BCUT2D eigenvalue weighted by atomic mass is 16.5. The van der Waals surface area contributed by atoms with E-state index < -0.39 is 23.4 Å². The highest BCUT2D eigenvalue weighted by Gasteiger charge is 2.52. The van der Waals surface area contributed by atoms with E-state index in [1.165, 1.54) is 26.7 Å². The van der Waals surface area contributed by atoms with Crippen molar-refractivity contribution >= 4 is 23.6 Å². The maximum atomic E-state index is 14.1. The minimum Gasteiger partial charge on any atom is -0.493 e. The number of methoxy groups -OCH3 is 2. The summed E-state index contributed by atoms with van der Waals surface area (Å²) < 4.78 is 13.1. The van der Waals surface area contributed by atoms with E-state index in [2.05, 4.69) is 36.5 Å². The number of carbonyl (C=O) groups excluding carboxylic acids is 4. The van der Waals surface area contributed by atoms with Gasteiger partial charge in [0.2, 0.25) is 11.8 Å². The highest BCUT2D eigenvalue weighted by Crippen LogP contribution is 2.40. The fourth-order valence-corrected chi connectivity index (χ4v) is 6.15. The Bertz CT molecular complexity index is 1910. The van der Waals surface area contributed by atoms with Crippen LogP contribution in [0.1, 0.15) is 65.0 Å². The first-order valence-electron chi connectivity index (χ1n) is 16.8. The second-order valence-corrected chi connectivity index (χ2v) is 13.3. The number of nitrogens with zero attached hydrogens (tertiary/aromatic N) is 6. The number of nitrogens with one attached hydrogen (secondary N) is 3. The summed E-state index contributed by atoms with van der Waals surface area (Å²) in [5.41, 5.74) is 2.37. The fraction of sp³-hybridized carbons (Fsp3) is 0.389. The molecule has 51 heavy (non-hydrogen) atoms. The lowest BCUT2D eigenvalue weighted by molar-refractivity contribution is -0.130. The van der Waals surface area contributed by atoms with Crippen molar-refractivity contribution in [2.24, 2.45) is 5.92 Å². The molecule has 3 N–H and O–H groups in total. The number of carbonyl (C=O) groups is 4. The number of aromatic nitrogens is 5. The normalized spacial score (nSPS) is 17.5. The van der Waals surface area contributed by atoms with Crippen molar-refractivity contribution < 1.29 is 28.7 Å². The van der Waals surface area contributed by atoms with Crippen LogP contribution in [0.15, 0.2) is 61.2 Å². The van der Waals surface area contributed by atoms with Crippen LogP contribution in [0.5, 0.6) is 11.5 Å². The molecule has 1 atom stereocenters. The Kier molecular flexibility index (Phi) is 10.3. The SMILES string of the molecule is COc1cc2cc(c1OC)-c1cncc(c1)C(=O)NC1(CC1)C(=O)N[C@H](CC(C)C)C(=O)NCCN(C(=O)c1ccc(Cn3cnnn3)cc1)C2. The van der Waals surface area contributed by atoms with E-state index in [0.29, 0.717) is 54.0 Å². The van der Waals surface area contributed by atoms with E-state index in [4.69, 9.17) is 9.47 Å². The third kappa shape index (κ3) is 7.97. The van der Waals surface area contributed by atoms with Gasteiger partial charge in [-0.25, -0.2) is 4.68 Å². The number of pyridine rings is 1. The number of benzene rings is 2. The van der Waals surface area contributed by atoms with Crippen LogP contribution in [0.3, 0.4) is 0 Å². The molecule has 2 aromatic carbocycles. The molecular weight excluding hydrogens is 654 g/mol. The number of hydrogen-bond acceptors (Lipinski definition) is 10. The Hall–Kier alpha value is -5.86. The van der Waals surface area contributed by atoms with Crippen LogP contribution in [0.2, 0.25) is 0 Å². The second-order valence-electron chi connectivity index (χ2n) is 13.3. The molecule has 1 aliphatic carbocycles. The molecular formula is C36H41N9O6. The topological polar surface area (TPSA) is 183 Å². The second kappa shape index (κ2) is 14.9. The zero-order valence-electron chi connectivity index (χ0n) is 29.0. The lowest BCUT2D eigenvalue weighted by atomic mass is 10.00.